The molecule has 200 valence electrons. The number of carbonyl (C=O) groups is 2. The van der Waals surface area contributed by atoms with Gasteiger partial charge in [0.2, 0.25) is 0 Å². The lowest BCUT2D eigenvalue weighted by Gasteiger charge is -2.08. The van der Waals surface area contributed by atoms with Crippen LogP contribution in [0.25, 0.3) is 0 Å². The van der Waals surface area contributed by atoms with Gasteiger partial charge in [-0.2, -0.15) is 0 Å². The minimum atomic E-state index is -0.431. The van der Waals surface area contributed by atoms with Gasteiger partial charge in [0.05, 0.1) is 13.2 Å². The van der Waals surface area contributed by atoms with Gasteiger partial charge in [0.15, 0.2) is 0 Å². The van der Waals surface area contributed by atoms with Crippen LogP contribution < -0.4 is 0 Å². The van der Waals surface area contributed by atoms with Crippen LogP contribution >= 0.6 is 0 Å². The van der Waals surface area contributed by atoms with Crippen molar-refractivity contribution < 1.29 is 29.3 Å². The SMILES string of the molecule is CCCCCCOC(=O)c1cccc(CC)c1O.CCCCCCOC(=O)c1cccc(CC)c1O. The topological polar surface area (TPSA) is 93.1 Å². The average molecular weight is 501 g/mol. The van der Waals surface area contributed by atoms with Crippen LogP contribution in [0.15, 0.2) is 36.4 Å². The fourth-order valence-corrected chi connectivity index (χ4v) is 3.63. The molecule has 36 heavy (non-hydrogen) atoms. The Bertz CT molecular complexity index is 846. The Morgan fingerprint density at radius 1 is 0.611 bits per heavy atom. The van der Waals surface area contributed by atoms with E-state index in [1.54, 1.807) is 24.3 Å². The molecule has 0 radical (unpaired) electrons. The number of esters is 2. The van der Waals surface area contributed by atoms with Gasteiger partial charge in [0.25, 0.3) is 0 Å². The molecule has 0 spiro atoms. The first-order valence-corrected chi connectivity index (χ1v) is 13.4. The van der Waals surface area contributed by atoms with E-state index in [-0.39, 0.29) is 22.6 Å². The van der Waals surface area contributed by atoms with E-state index in [4.69, 9.17) is 9.47 Å². The van der Waals surface area contributed by atoms with E-state index in [0.29, 0.717) is 26.1 Å². The van der Waals surface area contributed by atoms with Gasteiger partial charge in [-0.05, 0) is 48.9 Å². The van der Waals surface area contributed by atoms with Gasteiger partial charge in [-0.3, -0.25) is 0 Å². The third-order valence-electron chi connectivity index (χ3n) is 5.90. The molecule has 0 aliphatic carbocycles. The third-order valence-corrected chi connectivity index (χ3v) is 5.90. The summed E-state index contributed by atoms with van der Waals surface area (Å²) in [6, 6.07) is 10.4. The Balaban J connectivity index is 0.000000360. The molecule has 0 atom stereocenters. The van der Waals surface area contributed by atoms with E-state index in [9.17, 15) is 19.8 Å². The highest BCUT2D eigenvalue weighted by atomic mass is 16.5. The maximum Gasteiger partial charge on any atom is 0.341 e. The minimum Gasteiger partial charge on any atom is -0.507 e. The zero-order chi connectivity index (χ0) is 26.8. The highest BCUT2D eigenvalue weighted by Crippen LogP contribution is 2.24. The molecule has 0 fully saturated rings. The second kappa shape index (κ2) is 18.3. The largest absolute Gasteiger partial charge is 0.507 e. The first-order valence-electron chi connectivity index (χ1n) is 13.4. The van der Waals surface area contributed by atoms with Crippen LogP contribution in [0.5, 0.6) is 11.5 Å². The van der Waals surface area contributed by atoms with Gasteiger partial charge in [-0.25, -0.2) is 9.59 Å². The first-order chi connectivity index (χ1) is 17.4. The molecular formula is C30H44O6. The number of para-hydroxylation sites is 2. The number of phenols is 2. The van der Waals surface area contributed by atoms with E-state index in [0.717, 1.165) is 62.5 Å². The van der Waals surface area contributed by atoms with E-state index < -0.39 is 11.9 Å². The number of ether oxygens (including phenoxy) is 2. The van der Waals surface area contributed by atoms with Gasteiger partial charge in [-0.1, -0.05) is 90.5 Å². The van der Waals surface area contributed by atoms with Gasteiger partial charge < -0.3 is 19.7 Å². The number of aryl methyl sites for hydroxylation is 2. The summed E-state index contributed by atoms with van der Waals surface area (Å²) in [4.78, 5) is 23.6. The molecule has 6 nitrogen and oxygen atoms in total. The minimum absolute atomic E-state index is 0.0542. The molecule has 0 aliphatic rings. The summed E-state index contributed by atoms with van der Waals surface area (Å²) >= 11 is 0. The summed E-state index contributed by atoms with van der Waals surface area (Å²) in [5, 5.41) is 19.8. The van der Waals surface area contributed by atoms with Crippen LogP contribution in [0.4, 0.5) is 0 Å². The van der Waals surface area contributed by atoms with Gasteiger partial charge in [0.1, 0.15) is 22.6 Å². The molecule has 0 saturated heterocycles. The zero-order valence-electron chi connectivity index (χ0n) is 22.5. The first kappa shape index (κ1) is 31.0. The number of unbranched alkanes of at least 4 members (excludes halogenated alkanes) is 6. The van der Waals surface area contributed by atoms with E-state index in [2.05, 4.69) is 13.8 Å². The Kier molecular flexibility index (Phi) is 15.7. The second-order valence-electron chi connectivity index (χ2n) is 8.73. The van der Waals surface area contributed by atoms with Crippen molar-refractivity contribution in [2.24, 2.45) is 0 Å². The van der Waals surface area contributed by atoms with Crippen LogP contribution in [0, 0.1) is 0 Å². The van der Waals surface area contributed by atoms with Crippen molar-refractivity contribution in [2.75, 3.05) is 13.2 Å². The Hall–Kier alpha value is -3.02. The molecule has 2 aromatic carbocycles. The lowest BCUT2D eigenvalue weighted by Crippen LogP contribution is -2.07. The van der Waals surface area contributed by atoms with Crippen LogP contribution in [0.1, 0.15) is 111 Å². The quantitative estimate of drug-likeness (QED) is 0.208. The predicted molar refractivity (Wildman–Crippen MR) is 144 cm³/mol. The standard InChI is InChI=1S/2C15H22O3/c2*1-3-5-6-7-11-18-15(17)13-10-8-9-12(4-2)14(13)16/h2*8-10,16H,3-7,11H2,1-2H3. The molecule has 6 heteroatoms. The molecule has 0 saturated carbocycles. The number of phenolic OH excluding ortho intramolecular Hbond substituents is 2. The molecular weight excluding hydrogens is 456 g/mol. The maximum absolute atomic E-state index is 11.8. The molecule has 2 N–H and O–H groups in total. The van der Waals surface area contributed by atoms with Crippen LogP contribution in [0.3, 0.4) is 0 Å². The van der Waals surface area contributed by atoms with Gasteiger partial charge in [-0.15, -0.1) is 0 Å². The van der Waals surface area contributed by atoms with Crippen LogP contribution in [0.2, 0.25) is 0 Å². The molecule has 2 aromatic rings. The summed E-state index contributed by atoms with van der Waals surface area (Å²) < 4.78 is 10.3. The maximum atomic E-state index is 11.8. The van der Waals surface area contributed by atoms with Crippen molar-refractivity contribution >= 4 is 11.9 Å². The Morgan fingerprint density at radius 3 is 1.33 bits per heavy atom. The molecule has 0 aliphatic heterocycles. The van der Waals surface area contributed by atoms with Crippen molar-refractivity contribution in [3.63, 3.8) is 0 Å². The fraction of sp³-hybridized carbons (Fsp3) is 0.533. The summed E-state index contributed by atoms with van der Waals surface area (Å²) in [5.74, 6) is -0.754. The molecule has 2 rings (SSSR count). The molecule has 0 amide bonds. The number of hydrogen-bond donors (Lipinski definition) is 2. The van der Waals surface area contributed by atoms with Crippen molar-refractivity contribution in [3.8, 4) is 11.5 Å². The smallest absolute Gasteiger partial charge is 0.341 e. The lowest BCUT2D eigenvalue weighted by atomic mass is 10.1. The zero-order valence-corrected chi connectivity index (χ0v) is 22.5. The Morgan fingerprint density at radius 2 is 1.00 bits per heavy atom. The summed E-state index contributed by atoms with van der Waals surface area (Å²) in [6.07, 6.45) is 9.95. The van der Waals surface area contributed by atoms with Crippen molar-refractivity contribution in [3.05, 3.63) is 58.7 Å². The monoisotopic (exact) mass is 500 g/mol. The van der Waals surface area contributed by atoms with Gasteiger partial charge >= 0.3 is 11.9 Å². The summed E-state index contributed by atoms with van der Waals surface area (Å²) in [7, 11) is 0. The third kappa shape index (κ3) is 10.7. The highest BCUT2D eigenvalue weighted by Gasteiger charge is 2.15. The Labute approximate surface area is 216 Å². The van der Waals surface area contributed by atoms with Gasteiger partial charge in [0, 0.05) is 0 Å². The summed E-state index contributed by atoms with van der Waals surface area (Å²) in [6.45, 7) is 9.01. The number of rotatable bonds is 14. The lowest BCUT2D eigenvalue weighted by molar-refractivity contribution is 0.0484. The number of carbonyl (C=O) groups excluding carboxylic acids is 2. The molecule has 0 heterocycles. The molecule has 0 bridgehead atoms. The van der Waals surface area contributed by atoms with E-state index in [1.165, 1.54) is 0 Å². The molecule has 0 unspecified atom stereocenters. The van der Waals surface area contributed by atoms with Crippen molar-refractivity contribution in [1.82, 2.24) is 0 Å². The van der Waals surface area contributed by atoms with Crippen LogP contribution in [-0.4, -0.2) is 35.4 Å². The van der Waals surface area contributed by atoms with E-state index in [1.807, 2.05) is 26.0 Å². The number of aromatic hydroxyl groups is 2. The van der Waals surface area contributed by atoms with Crippen molar-refractivity contribution in [2.45, 2.75) is 91.9 Å². The number of hydrogen-bond acceptors (Lipinski definition) is 6. The predicted octanol–water partition coefficient (Wildman–Crippen LogP) is 7.38. The van der Waals surface area contributed by atoms with Crippen LogP contribution in [-0.2, 0) is 22.3 Å². The fourth-order valence-electron chi connectivity index (χ4n) is 3.63. The highest BCUT2D eigenvalue weighted by molar-refractivity contribution is 5.93. The normalized spacial score (nSPS) is 10.3. The van der Waals surface area contributed by atoms with E-state index >= 15 is 0 Å². The molecule has 0 aromatic heterocycles. The second-order valence-corrected chi connectivity index (χ2v) is 8.73. The summed E-state index contributed by atoms with van der Waals surface area (Å²) in [5.41, 5.74) is 2.08. The average Bonchev–Trinajstić information content (AvgIpc) is 2.89. The van der Waals surface area contributed by atoms with Crippen molar-refractivity contribution in [1.29, 1.82) is 0 Å². The number of benzene rings is 2.